The summed E-state index contributed by atoms with van der Waals surface area (Å²) in [5, 5.41) is 0. The first-order valence-electron chi connectivity index (χ1n) is 15.8. The lowest BCUT2D eigenvalue weighted by atomic mass is 9.82. The Hall–Kier alpha value is -4.21. The number of nitrogens with zero attached hydrogens (tertiary/aromatic N) is 2. The van der Waals surface area contributed by atoms with Gasteiger partial charge in [0.1, 0.15) is 0 Å². The van der Waals surface area contributed by atoms with Crippen LogP contribution in [0, 0.1) is 27.7 Å². The van der Waals surface area contributed by atoms with Gasteiger partial charge in [0.15, 0.2) is 0 Å². The highest BCUT2D eigenvalue weighted by Gasteiger charge is 2.27. The Bertz CT molecular complexity index is 1410. The maximum Gasteiger partial charge on any atom is 0.0856 e. The highest BCUT2D eigenvalue weighted by Crippen LogP contribution is 2.37. The first kappa shape index (κ1) is 36.0. The molecule has 1 aliphatic heterocycles. The SMILES string of the molecule is C=CC.CC.Cc1ccc(C)c(C)c1.Cc1cccc(CN2CCC(N=CN)=C(C(c3ccccc3)c3ccccc3)C2)c1. The minimum atomic E-state index is 0.173. The van der Waals surface area contributed by atoms with Gasteiger partial charge in [0, 0.05) is 37.7 Å². The monoisotopic (exact) mass is 587 g/mol. The summed E-state index contributed by atoms with van der Waals surface area (Å²) in [6.07, 6.45) is 4.10. The molecule has 0 bridgehead atoms. The largest absolute Gasteiger partial charge is 0.390 e. The topological polar surface area (TPSA) is 41.6 Å². The lowest BCUT2D eigenvalue weighted by molar-refractivity contribution is 0.272. The van der Waals surface area contributed by atoms with Gasteiger partial charge in [0.2, 0.25) is 0 Å². The summed E-state index contributed by atoms with van der Waals surface area (Å²) in [7, 11) is 0. The van der Waals surface area contributed by atoms with Crippen molar-refractivity contribution in [1.82, 2.24) is 4.90 Å². The lowest BCUT2D eigenvalue weighted by Crippen LogP contribution is -2.33. The van der Waals surface area contributed by atoms with Crippen LogP contribution in [0.2, 0.25) is 0 Å². The fourth-order valence-electron chi connectivity index (χ4n) is 5.31. The number of allylic oxidation sites excluding steroid dienone is 1. The molecule has 44 heavy (non-hydrogen) atoms. The van der Waals surface area contributed by atoms with Gasteiger partial charge < -0.3 is 5.73 Å². The Kier molecular flexibility index (Phi) is 16.3. The van der Waals surface area contributed by atoms with E-state index in [1.54, 1.807) is 6.08 Å². The van der Waals surface area contributed by atoms with E-state index in [0.717, 1.165) is 31.8 Å². The molecule has 3 nitrogen and oxygen atoms in total. The van der Waals surface area contributed by atoms with E-state index in [2.05, 4.69) is 147 Å². The average molecular weight is 588 g/mol. The van der Waals surface area contributed by atoms with E-state index in [9.17, 15) is 0 Å². The molecule has 0 radical (unpaired) electrons. The summed E-state index contributed by atoms with van der Waals surface area (Å²) >= 11 is 0. The first-order chi connectivity index (χ1) is 21.4. The molecule has 4 aromatic rings. The molecule has 0 fully saturated rings. The fourth-order valence-corrected chi connectivity index (χ4v) is 5.31. The Balaban J connectivity index is 0.000000403. The smallest absolute Gasteiger partial charge is 0.0856 e. The highest BCUT2D eigenvalue weighted by molar-refractivity contribution is 5.55. The van der Waals surface area contributed by atoms with Crippen LogP contribution in [-0.2, 0) is 6.54 Å². The first-order valence-corrected chi connectivity index (χ1v) is 15.8. The summed E-state index contributed by atoms with van der Waals surface area (Å²) < 4.78 is 0. The highest BCUT2D eigenvalue weighted by atomic mass is 15.1. The molecule has 0 aromatic heterocycles. The van der Waals surface area contributed by atoms with E-state index in [1.165, 1.54) is 50.9 Å². The molecule has 4 aromatic carbocycles. The van der Waals surface area contributed by atoms with Crippen molar-refractivity contribution in [2.24, 2.45) is 10.7 Å². The van der Waals surface area contributed by atoms with Crippen LogP contribution in [0.15, 0.2) is 132 Å². The molecule has 3 heteroatoms. The zero-order valence-corrected chi connectivity index (χ0v) is 28.1. The Labute approximate surface area is 267 Å². The molecule has 0 unspecified atom stereocenters. The normalized spacial score (nSPS) is 12.8. The molecule has 1 aliphatic rings. The van der Waals surface area contributed by atoms with Crippen LogP contribution in [0.25, 0.3) is 0 Å². The molecule has 0 spiro atoms. The van der Waals surface area contributed by atoms with E-state index in [0.29, 0.717) is 0 Å². The number of aliphatic imine (C=N–C) groups is 1. The van der Waals surface area contributed by atoms with E-state index in [4.69, 9.17) is 5.73 Å². The van der Waals surface area contributed by atoms with Crippen molar-refractivity contribution in [1.29, 1.82) is 0 Å². The third kappa shape index (κ3) is 11.5. The molecular weight excluding hydrogens is 534 g/mol. The van der Waals surface area contributed by atoms with Crippen molar-refractivity contribution in [3.05, 3.63) is 166 Å². The van der Waals surface area contributed by atoms with Crippen LogP contribution in [0.1, 0.15) is 72.1 Å². The van der Waals surface area contributed by atoms with Crippen molar-refractivity contribution in [2.45, 2.75) is 67.3 Å². The van der Waals surface area contributed by atoms with Crippen molar-refractivity contribution >= 4 is 6.34 Å². The third-order valence-corrected chi connectivity index (χ3v) is 7.43. The molecule has 1 heterocycles. The van der Waals surface area contributed by atoms with Gasteiger partial charge in [-0.1, -0.05) is 134 Å². The third-order valence-electron chi connectivity index (χ3n) is 7.43. The minimum Gasteiger partial charge on any atom is -0.390 e. The Morgan fingerprint density at radius 3 is 1.84 bits per heavy atom. The minimum absolute atomic E-state index is 0.173. The number of benzene rings is 4. The van der Waals surface area contributed by atoms with Crippen molar-refractivity contribution in [3.8, 4) is 0 Å². The molecule has 0 saturated carbocycles. The zero-order chi connectivity index (χ0) is 32.3. The Morgan fingerprint density at radius 2 is 1.34 bits per heavy atom. The number of hydrogen-bond donors (Lipinski definition) is 1. The fraction of sp³-hybridized carbons (Fsp3) is 0.293. The predicted molar refractivity (Wildman–Crippen MR) is 193 cm³/mol. The maximum absolute atomic E-state index is 5.73. The molecule has 0 saturated heterocycles. The van der Waals surface area contributed by atoms with E-state index in [-0.39, 0.29) is 5.92 Å². The van der Waals surface area contributed by atoms with Crippen LogP contribution in [0.5, 0.6) is 0 Å². The van der Waals surface area contributed by atoms with E-state index < -0.39 is 0 Å². The molecule has 0 atom stereocenters. The van der Waals surface area contributed by atoms with E-state index in [1.807, 2.05) is 20.8 Å². The van der Waals surface area contributed by atoms with Gasteiger partial charge in [0.05, 0.1) is 6.34 Å². The molecule has 0 aliphatic carbocycles. The molecule has 0 amide bonds. The van der Waals surface area contributed by atoms with Crippen molar-refractivity contribution in [2.75, 3.05) is 13.1 Å². The maximum atomic E-state index is 5.73. The van der Waals surface area contributed by atoms with Gasteiger partial charge in [-0.25, -0.2) is 4.99 Å². The second-order valence-electron chi connectivity index (χ2n) is 11.0. The average Bonchev–Trinajstić information content (AvgIpc) is 3.03. The van der Waals surface area contributed by atoms with Gasteiger partial charge in [-0.3, -0.25) is 4.90 Å². The number of hydrogen-bond acceptors (Lipinski definition) is 2. The standard InChI is InChI=1S/C27H29N3.C9H12.C3H6.C2H6/c1-21-9-8-10-22(17-21)18-30-16-15-26(29-20-28)25(19-30)27(23-11-4-2-5-12-23)24-13-6-3-7-14-24;1-7-4-5-8(2)9(3)6-7;1-3-2;1-2/h2-14,17,20,27H,15-16,18-19H2,1H3,(H2,28,29);4-6H,1-3H3;3H,1H2,2H3;1-2H3. The summed E-state index contributed by atoms with van der Waals surface area (Å²) in [5.74, 6) is 0.173. The van der Waals surface area contributed by atoms with Crippen LogP contribution in [0.3, 0.4) is 0 Å². The zero-order valence-electron chi connectivity index (χ0n) is 28.1. The summed E-state index contributed by atoms with van der Waals surface area (Å²) in [6.45, 7) is 20.6. The van der Waals surface area contributed by atoms with Gasteiger partial charge in [-0.05, 0) is 68.0 Å². The van der Waals surface area contributed by atoms with Gasteiger partial charge in [-0.2, -0.15) is 0 Å². The Morgan fingerprint density at radius 1 is 0.773 bits per heavy atom. The van der Waals surface area contributed by atoms with Gasteiger partial charge >= 0.3 is 0 Å². The summed E-state index contributed by atoms with van der Waals surface area (Å²) in [6, 6.07) is 36.8. The van der Waals surface area contributed by atoms with E-state index >= 15 is 0 Å². The molecule has 5 rings (SSSR count). The number of aryl methyl sites for hydroxylation is 4. The van der Waals surface area contributed by atoms with Crippen LogP contribution in [-0.4, -0.2) is 24.3 Å². The van der Waals surface area contributed by atoms with Gasteiger partial charge in [-0.15, -0.1) is 6.58 Å². The second kappa shape index (κ2) is 19.9. The van der Waals surface area contributed by atoms with Crippen LogP contribution < -0.4 is 5.73 Å². The molecule has 2 N–H and O–H groups in total. The van der Waals surface area contributed by atoms with Crippen LogP contribution >= 0.6 is 0 Å². The quantitative estimate of drug-likeness (QED) is 0.139. The molecular formula is C41H53N3. The van der Waals surface area contributed by atoms with Crippen molar-refractivity contribution < 1.29 is 0 Å². The van der Waals surface area contributed by atoms with Crippen molar-refractivity contribution in [3.63, 3.8) is 0 Å². The predicted octanol–water partition coefficient (Wildman–Crippen LogP) is 10.1. The van der Waals surface area contributed by atoms with Gasteiger partial charge in [0.25, 0.3) is 0 Å². The number of rotatable bonds is 6. The second-order valence-corrected chi connectivity index (χ2v) is 11.0. The summed E-state index contributed by atoms with van der Waals surface area (Å²) in [4.78, 5) is 7.12. The molecule has 232 valence electrons. The lowest BCUT2D eigenvalue weighted by Gasteiger charge is -2.34. The number of nitrogens with two attached hydrogens (primary N) is 1. The van der Waals surface area contributed by atoms with Crippen LogP contribution in [0.4, 0.5) is 0 Å². The summed E-state index contributed by atoms with van der Waals surface area (Å²) in [5.41, 5.74) is 17.5.